The molecule has 0 saturated heterocycles. The molecule has 0 saturated carbocycles. The molecular formula is C12H7N3O6. The highest BCUT2D eigenvalue weighted by Gasteiger charge is 2.15. The van der Waals surface area contributed by atoms with Crippen LogP contribution in [0.25, 0.3) is 11.0 Å². The Hall–Kier alpha value is -3.23. The van der Waals surface area contributed by atoms with Crippen LogP contribution in [0.3, 0.4) is 0 Å². The summed E-state index contributed by atoms with van der Waals surface area (Å²) in [5, 5.41) is 10.7. The van der Waals surface area contributed by atoms with Crippen molar-refractivity contribution in [3.05, 3.63) is 67.3 Å². The van der Waals surface area contributed by atoms with Crippen molar-refractivity contribution in [1.82, 2.24) is 9.55 Å². The molecule has 9 heteroatoms. The molecular weight excluding hydrogens is 282 g/mol. The Morgan fingerprint density at radius 1 is 1.24 bits per heavy atom. The van der Waals surface area contributed by atoms with Gasteiger partial charge in [0, 0.05) is 6.20 Å². The molecule has 0 aliphatic carbocycles. The average Bonchev–Trinajstić information content (AvgIpc) is 2.92. The van der Waals surface area contributed by atoms with Crippen LogP contribution < -0.4 is 11.4 Å². The van der Waals surface area contributed by atoms with Gasteiger partial charge in [0.25, 0.3) is 0 Å². The molecule has 0 N–H and O–H groups in total. The van der Waals surface area contributed by atoms with Gasteiger partial charge in [0.05, 0.1) is 12.6 Å². The van der Waals surface area contributed by atoms with Gasteiger partial charge in [0.1, 0.15) is 16.1 Å². The van der Waals surface area contributed by atoms with E-state index in [1.165, 1.54) is 30.5 Å². The molecule has 0 atom stereocenters. The van der Waals surface area contributed by atoms with Crippen LogP contribution in [0.4, 0.5) is 5.88 Å². The molecule has 0 aliphatic rings. The van der Waals surface area contributed by atoms with Gasteiger partial charge in [0.15, 0.2) is 5.65 Å². The van der Waals surface area contributed by atoms with Crippen LogP contribution in [-0.4, -0.2) is 14.5 Å². The SMILES string of the molecule is O=c1oc(=O)n(Cc2ccc([N+](=O)[O-])o2)c2ncccc12. The Morgan fingerprint density at radius 2 is 2.05 bits per heavy atom. The lowest BCUT2D eigenvalue weighted by molar-refractivity contribution is -0.402. The maximum absolute atomic E-state index is 11.8. The molecule has 3 rings (SSSR count). The first-order valence-corrected chi connectivity index (χ1v) is 5.78. The van der Waals surface area contributed by atoms with Crippen molar-refractivity contribution < 1.29 is 13.8 Å². The number of aromatic nitrogens is 2. The molecule has 0 amide bonds. The van der Waals surface area contributed by atoms with Gasteiger partial charge in [0.2, 0.25) is 0 Å². The first-order chi connectivity index (χ1) is 10.1. The van der Waals surface area contributed by atoms with Crippen LogP contribution in [0.5, 0.6) is 0 Å². The number of rotatable bonds is 3. The normalized spacial score (nSPS) is 10.9. The van der Waals surface area contributed by atoms with Gasteiger partial charge < -0.3 is 8.83 Å². The molecule has 106 valence electrons. The Bertz CT molecular complexity index is 951. The minimum Gasteiger partial charge on any atom is -0.404 e. The fourth-order valence-electron chi connectivity index (χ4n) is 1.89. The monoisotopic (exact) mass is 289 g/mol. The number of nitrogens with zero attached hydrogens (tertiary/aromatic N) is 3. The lowest BCUT2D eigenvalue weighted by Gasteiger charge is -2.04. The van der Waals surface area contributed by atoms with Crippen molar-refractivity contribution in [2.45, 2.75) is 6.54 Å². The predicted octanol–water partition coefficient (Wildman–Crippen LogP) is 0.899. The fourth-order valence-corrected chi connectivity index (χ4v) is 1.89. The Morgan fingerprint density at radius 3 is 2.76 bits per heavy atom. The van der Waals surface area contributed by atoms with Gasteiger partial charge in [-0.2, -0.15) is 0 Å². The Balaban J connectivity index is 2.14. The average molecular weight is 289 g/mol. The summed E-state index contributed by atoms with van der Waals surface area (Å²) in [6.07, 6.45) is 1.42. The van der Waals surface area contributed by atoms with E-state index in [4.69, 9.17) is 4.42 Å². The number of fused-ring (bicyclic) bond motifs is 1. The van der Waals surface area contributed by atoms with E-state index < -0.39 is 22.2 Å². The van der Waals surface area contributed by atoms with Gasteiger partial charge in [-0.1, -0.05) is 0 Å². The fraction of sp³-hybridized carbons (Fsp3) is 0.0833. The summed E-state index contributed by atoms with van der Waals surface area (Å²) in [4.78, 5) is 37.2. The lowest BCUT2D eigenvalue weighted by Crippen LogP contribution is -2.26. The molecule has 0 bridgehead atoms. The minimum atomic E-state index is -0.912. The first kappa shape index (κ1) is 12.8. The van der Waals surface area contributed by atoms with E-state index in [0.717, 1.165) is 4.57 Å². The predicted molar refractivity (Wildman–Crippen MR) is 69.0 cm³/mol. The van der Waals surface area contributed by atoms with Crippen LogP contribution in [0.1, 0.15) is 5.76 Å². The van der Waals surface area contributed by atoms with Gasteiger partial charge in [-0.15, -0.1) is 0 Å². The Labute approximate surface area is 115 Å². The number of furan rings is 1. The van der Waals surface area contributed by atoms with E-state index in [1.807, 2.05) is 0 Å². The Kier molecular flexibility index (Phi) is 2.87. The van der Waals surface area contributed by atoms with E-state index >= 15 is 0 Å². The van der Waals surface area contributed by atoms with E-state index in [1.54, 1.807) is 0 Å². The van der Waals surface area contributed by atoms with Crippen LogP contribution >= 0.6 is 0 Å². The van der Waals surface area contributed by atoms with Crippen molar-refractivity contribution in [3.8, 4) is 0 Å². The smallest absolute Gasteiger partial charge is 0.404 e. The molecule has 0 unspecified atom stereocenters. The minimum absolute atomic E-state index is 0.123. The van der Waals surface area contributed by atoms with E-state index in [9.17, 15) is 19.7 Å². The number of hydrogen-bond donors (Lipinski definition) is 0. The molecule has 21 heavy (non-hydrogen) atoms. The second kappa shape index (κ2) is 4.71. The third kappa shape index (κ3) is 2.20. The summed E-state index contributed by atoms with van der Waals surface area (Å²) in [6, 6.07) is 5.54. The molecule has 0 aromatic carbocycles. The molecule has 9 nitrogen and oxygen atoms in total. The molecule has 0 aliphatic heterocycles. The molecule has 3 aromatic rings. The highest BCUT2D eigenvalue weighted by molar-refractivity contribution is 5.72. The van der Waals surface area contributed by atoms with Crippen molar-refractivity contribution in [2.75, 3.05) is 0 Å². The van der Waals surface area contributed by atoms with Crippen molar-refractivity contribution in [1.29, 1.82) is 0 Å². The molecule has 3 aromatic heterocycles. The van der Waals surface area contributed by atoms with Crippen LogP contribution in [-0.2, 0) is 6.54 Å². The largest absolute Gasteiger partial charge is 0.433 e. The highest BCUT2D eigenvalue weighted by atomic mass is 16.6. The van der Waals surface area contributed by atoms with E-state index in [2.05, 4.69) is 9.40 Å². The lowest BCUT2D eigenvalue weighted by atomic mass is 10.3. The second-order valence-corrected chi connectivity index (χ2v) is 4.11. The van der Waals surface area contributed by atoms with Crippen LogP contribution in [0, 0.1) is 10.1 Å². The van der Waals surface area contributed by atoms with Crippen LogP contribution in [0.15, 0.2) is 48.9 Å². The molecule has 0 spiro atoms. The first-order valence-electron chi connectivity index (χ1n) is 5.78. The maximum Gasteiger partial charge on any atom is 0.433 e. The topological polar surface area (TPSA) is 121 Å². The number of hydrogen-bond acceptors (Lipinski definition) is 7. The second-order valence-electron chi connectivity index (χ2n) is 4.11. The zero-order valence-electron chi connectivity index (χ0n) is 10.4. The summed E-state index contributed by atoms with van der Waals surface area (Å²) in [7, 11) is 0. The van der Waals surface area contributed by atoms with Gasteiger partial charge in [-0.05, 0) is 18.2 Å². The third-order valence-corrected chi connectivity index (χ3v) is 2.80. The van der Waals surface area contributed by atoms with Gasteiger partial charge in [-0.3, -0.25) is 14.7 Å². The molecule has 3 heterocycles. The van der Waals surface area contributed by atoms with E-state index in [0.29, 0.717) is 0 Å². The summed E-state index contributed by atoms with van der Waals surface area (Å²) in [6.45, 7) is -0.135. The summed E-state index contributed by atoms with van der Waals surface area (Å²) in [5.41, 5.74) is -0.664. The van der Waals surface area contributed by atoms with Crippen molar-refractivity contribution in [2.24, 2.45) is 0 Å². The van der Waals surface area contributed by atoms with Gasteiger partial charge >= 0.3 is 17.3 Å². The van der Waals surface area contributed by atoms with Crippen molar-refractivity contribution in [3.63, 3.8) is 0 Å². The van der Waals surface area contributed by atoms with E-state index in [-0.39, 0.29) is 23.3 Å². The zero-order chi connectivity index (χ0) is 15.0. The van der Waals surface area contributed by atoms with Gasteiger partial charge in [-0.25, -0.2) is 14.6 Å². The summed E-state index contributed by atoms with van der Waals surface area (Å²) >= 11 is 0. The number of nitro groups is 1. The van der Waals surface area contributed by atoms with Crippen LogP contribution in [0.2, 0.25) is 0 Å². The molecule has 0 radical (unpaired) electrons. The highest BCUT2D eigenvalue weighted by Crippen LogP contribution is 2.17. The van der Waals surface area contributed by atoms with Crippen molar-refractivity contribution >= 4 is 16.9 Å². The molecule has 0 fully saturated rings. The standard InChI is InChI=1S/C12H7N3O6/c16-11-8-2-1-5-13-10(8)14(12(17)21-11)6-7-3-4-9(20-7)15(18)19/h1-5H,6H2. The number of pyridine rings is 1. The quantitative estimate of drug-likeness (QED) is 0.518. The maximum atomic E-state index is 11.8. The summed E-state index contributed by atoms with van der Waals surface area (Å²) in [5.74, 6) is -1.18. The summed E-state index contributed by atoms with van der Waals surface area (Å²) < 4.78 is 10.6. The zero-order valence-corrected chi connectivity index (χ0v) is 10.4. The third-order valence-electron chi connectivity index (χ3n) is 2.80.